The van der Waals surface area contributed by atoms with Crippen molar-refractivity contribution in [3.05, 3.63) is 65.5 Å². The van der Waals surface area contributed by atoms with E-state index in [1.807, 2.05) is 26.0 Å². The topological polar surface area (TPSA) is 67.2 Å². The van der Waals surface area contributed by atoms with E-state index < -0.39 is 5.82 Å². The number of aryl methyl sites for hydroxylation is 2. The van der Waals surface area contributed by atoms with Gasteiger partial charge < -0.3 is 9.80 Å². The van der Waals surface area contributed by atoms with Gasteiger partial charge in [-0.2, -0.15) is 5.10 Å². The van der Waals surface area contributed by atoms with Crippen molar-refractivity contribution in [3.63, 3.8) is 0 Å². The molecule has 0 aliphatic carbocycles. The summed E-state index contributed by atoms with van der Waals surface area (Å²) in [6.45, 7) is 6.32. The highest BCUT2D eigenvalue weighted by Gasteiger charge is 2.23. The molecular formula is C20H21FN6O. The van der Waals surface area contributed by atoms with Gasteiger partial charge in [0.25, 0.3) is 5.91 Å². The van der Waals surface area contributed by atoms with Crippen molar-refractivity contribution in [2.75, 3.05) is 31.1 Å². The standard InChI is InChI=1S/C20H21FN6O/c1-14-10-15(2)27(24-14)19-12-18(22-13-23-19)25-6-8-26(9-7-25)20(28)16-4-3-5-17(21)11-16/h3-5,10-13H,6-9H2,1-2H3. The van der Waals surface area contributed by atoms with Gasteiger partial charge in [-0.05, 0) is 38.1 Å². The predicted molar refractivity (Wildman–Crippen MR) is 103 cm³/mol. The fourth-order valence-corrected chi connectivity index (χ4v) is 3.43. The monoisotopic (exact) mass is 380 g/mol. The van der Waals surface area contributed by atoms with Crippen molar-refractivity contribution in [2.24, 2.45) is 0 Å². The lowest BCUT2D eigenvalue weighted by molar-refractivity contribution is 0.0746. The third-order valence-corrected chi connectivity index (χ3v) is 4.83. The Morgan fingerprint density at radius 3 is 2.43 bits per heavy atom. The molecule has 7 nitrogen and oxygen atoms in total. The smallest absolute Gasteiger partial charge is 0.254 e. The van der Waals surface area contributed by atoms with Crippen molar-refractivity contribution in [1.82, 2.24) is 24.6 Å². The SMILES string of the molecule is Cc1cc(C)n(-c2cc(N3CCN(C(=O)c4cccc(F)c4)CC3)ncn2)n1. The lowest BCUT2D eigenvalue weighted by Crippen LogP contribution is -2.49. The number of nitrogens with zero attached hydrogens (tertiary/aromatic N) is 6. The molecule has 0 atom stereocenters. The highest BCUT2D eigenvalue weighted by molar-refractivity contribution is 5.94. The minimum absolute atomic E-state index is 0.148. The Morgan fingerprint density at radius 2 is 1.75 bits per heavy atom. The lowest BCUT2D eigenvalue weighted by Gasteiger charge is -2.35. The molecule has 1 fully saturated rings. The maximum atomic E-state index is 13.4. The first-order valence-corrected chi connectivity index (χ1v) is 9.17. The molecule has 0 N–H and O–H groups in total. The molecule has 0 bridgehead atoms. The molecule has 0 radical (unpaired) electrons. The maximum Gasteiger partial charge on any atom is 0.254 e. The average Bonchev–Trinajstić information content (AvgIpc) is 3.06. The minimum Gasteiger partial charge on any atom is -0.353 e. The van der Waals surface area contributed by atoms with E-state index in [4.69, 9.17) is 0 Å². The molecule has 2 aromatic heterocycles. The molecule has 3 heterocycles. The highest BCUT2D eigenvalue weighted by atomic mass is 19.1. The highest BCUT2D eigenvalue weighted by Crippen LogP contribution is 2.18. The molecule has 28 heavy (non-hydrogen) atoms. The Balaban J connectivity index is 1.46. The fourth-order valence-electron chi connectivity index (χ4n) is 3.43. The maximum absolute atomic E-state index is 13.4. The van der Waals surface area contributed by atoms with Gasteiger partial charge in [0.15, 0.2) is 5.82 Å². The number of benzene rings is 1. The van der Waals surface area contributed by atoms with Crippen molar-refractivity contribution in [2.45, 2.75) is 13.8 Å². The first-order chi connectivity index (χ1) is 13.5. The molecule has 0 unspecified atom stereocenters. The number of anilines is 1. The molecule has 0 saturated carbocycles. The summed E-state index contributed by atoms with van der Waals surface area (Å²) in [6.07, 6.45) is 1.53. The predicted octanol–water partition coefficient (Wildman–Crippen LogP) is 2.38. The van der Waals surface area contributed by atoms with E-state index in [2.05, 4.69) is 20.0 Å². The van der Waals surface area contributed by atoms with Crippen molar-refractivity contribution < 1.29 is 9.18 Å². The van der Waals surface area contributed by atoms with Crippen LogP contribution in [0.15, 0.2) is 42.7 Å². The Kier molecular flexibility index (Phi) is 4.77. The van der Waals surface area contributed by atoms with E-state index in [1.54, 1.807) is 21.7 Å². The van der Waals surface area contributed by atoms with Gasteiger partial charge in [-0.3, -0.25) is 4.79 Å². The summed E-state index contributed by atoms with van der Waals surface area (Å²) in [4.78, 5) is 25.2. The quantitative estimate of drug-likeness (QED) is 0.698. The van der Waals surface area contributed by atoms with E-state index in [0.29, 0.717) is 37.6 Å². The van der Waals surface area contributed by atoms with E-state index >= 15 is 0 Å². The molecule has 1 amide bonds. The third-order valence-electron chi connectivity index (χ3n) is 4.83. The number of piperazine rings is 1. The molecule has 0 spiro atoms. The van der Waals surface area contributed by atoms with Crippen LogP contribution in [0.4, 0.5) is 10.2 Å². The number of amides is 1. The van der Waals surface area contributed by atoms with Gasteiger partial charge in [-0.25, -0.2) is 19.0 Å². The summed E-state index contributed by atoms with van der Waals surface area (Å²) in [5.41, 5.74) is 2.32. The summed E-state index contributed by atoms with van der Waals surface area (Å²) in [5.74, 6) is 0.969. The zero-order valence-electron chi connectivity index (χ0n) is 15.8. The summed E-state index contributed by atoms with van der Waals surface area (Å²) in [5, 5.41) is 4.47. The molecule has 8 heteroatoms. The minimum atomic E-state index is -0.401. The summed E-state index contributed by atoms with van der Waals surface area (Å²) in [7, 11) is 0. The first kappa shape index (κ1) is 18.1. The van der Waals surface area contributed by atoms with Crippen LogP contribution in [0.1, 0.15) is 21.7 Å². The molecule has 1 aliphatic heterocycles. The van der Waals surface area contributed by atoms with Gasteiger partial charge in [0.2, 0.25) is 0 Å². The van der Waals surface area contributed by atoms with E-state index in [1.165, 1.54) is 18.5 Å². The zero-order valence-corrected chi connectivity index (χ0v) is 15.8. The number of carbonyl (C=O) groups excluding carboxylic acids is 1. The van der Waals surface area contributed by atoms with Crippen LogP contribution >= 0.6 is 0 Å². The molecule has 3 aromatic rings. The van der Waals surface area contributed by atoms with Gasteiger partial charge >= 0.3 is 0 Å². The number of aromatic nitrogens is 4. The van der Waals surface area contributed by atoms with Crippen LogP contribution in [0.25, 0.3) is 5.82 Å². The van der Waals surface area contributed by atoms with Crippen LogP contribution in [-0.2, 0) is 0 Å². The van der Waals surface area contributed by atoms with Crippen molar-refractivity contribution in [3.8, 4) is 5.82 Å². The summed E-state index contributed by atoms with van der Waals surface area (Å²) in [6, 6.07) is 9.72. The molecule has 4 rings (SSSR count). The van der Waals surface area contributed by atoms with Gasteiger partial charge in [-0.15, -0.1) is 0 Å². The zero-order chi connectivity index (χ0) is 19.7. The second-order valence-electron chi connectivity index (χ2n) is 6.86. The number of halogens is 1. The van der Waals surface area contributed by atoms with Crippen molar-refractivity contribution in [1.29, 1.82) is 0 Å². The second-order valence-corrected chi connectivity index (χ2v) is 6.86. The Hall–Kier alpha value is -3.29. The van der Waals surface area contributed by atoms with Crippen LogP contribution < -0.4 is 4.90 Å². The largest absolute Gasteiger partial charge is 0.353 e. The average molecular weight is 380 g/mol. The Labute approximate surface area is 162 Å². The third kappa shape index (κ3) is 3.58. The molecule has 1 aliphatic rings. The Bertz CT molecular complexity index is 1010. The number of hydrogen-bond acceptors (Lipinski definition) is 5. The second kappa shape index (κ2) is 7.38. The van der Waals surface area contributed by atoms with Gasteiger partial charge in [0.1, 0.15) is 18.0 Å². The van der Waals surface area contributed by atoms with Gasteiger partial charge in [0.05, 0.1) is 5.69 Å². The van der Waals surface area contributed by atoms with Gasteiger partial charge in [0, 0.05) is 43.5 Å². The van der Waals surface area contributed by atoms with Crippen LogP contribution in [0, 0.1) is 19.7 Å². The summed E-state index contributed by atoms with van der Waals surface area (Å²) >= 11 is 0. The number of rotatable bonds is 3. The van der Waals surface area contributed by atoms with Crippen LogP contribution in [0.3, 0.4) is 0 Å². The van der Waals surface area contributed by atoms with Crippen LogP contribution in [-0.4, -0.2) is 56.7 Å². The summed E-state index contributed by atoms with van der Waals surface area (Å²) < 4.78 is 15.2. The van der Waals surface area contributed by atoms with Crippen LogP contribution in [0.5, 0.6) is 0 Å². The van der Waals surface area contributed by atoms with E-state index in [0.717, 1.165) is 17.2 Å². The number of hydrogen-bond donors (Lipinski definition) is 0. The Morgan fingerprint density at radius 1 is 1.00 bits per heavy atom. The van der Waals surface area contributed by atoms with Crippen LogP contribution in [0.2, 0.25) is 0 Å². The lowest BCUT2D eigenvalue weighted by atomic mass is 10.1. The van der Waals surface area contributed by atoms with E-state index in [-0.39, 0.29) is 5.91 Å². The first-order valence-electron chi connectivity index (χ1n) is 9.17. The molecule has 1 saturated heterocycles. The van der Waals surface area contributed by atoms with E-state index in [9.17, 15) is 9.18 Å². The number of carbonyl (C=O) groups is 1. The fraction of sp³-hybridized carbons (Fsp3) is 0.300. The van der Waals surface area contributed by atoms with Gasteiger partial charge in [-0.1, -0.05) is 6.07 Å². The molecule has 144 valence electrons. The molecule has 1 aromatic carbocycles. The van der Waals surface area contributed by atoms with Crippen molar-refractivity contribution >= 4 is 11.7 Å². The normalized spacial score (nSPS) is 14.4. The molecular weight excluding hydrogens is 359 g/mol.